The Hall–Kier alpha value is -5.80. The summed E-state index contributed by atoms with van der Waals surface area (Å²) in [7, 11) is 0. The van der Waals surface area contributed by atoms with Gasteiger partial charge in [0.15, 0.2) is 0 Å². The molecular weight excluding hydrogens is 811 g/mol. The Morgan fingerprint density at radius 1 is 0.346 bits per heavy atom. The Balaban J connectivity index is 0.000000133. The zero-order chi connectivity index (χ0) is 35.0. The van der Waals surface area contributed by atoms with E-state index in [4.69, 9.17) is 0 Å². The number of hydrogen-bond donors (Lipinski definition) is 0. The van der Waals surface area contributed by atoms with E-state index in [0.29, 0.717) is 0 Å². The van der Waals surface area contributed by atoms with Crippen molar-refractivity contribution in [3.05, 3.63) is 199 Å². The fourth-order valence-corrected chi connectivity index (χ4v) is 5.95. The second kappa shape index (κ2) is 16.9. The first-order chi connectivity index (χ1) is 25.0. The topological polar surface area (TPSA) is 38.7 Å². The smallest absolute Gasteiger partial charge is 0.304 e. The standard InChI is InChI=1S/3C16H12N.Ir/c3*1-12-6-8-14(9-7-12)16-15-5-3-2-4-13(15)10-11-17-16;/h3*2-8,10-11H,1H3;/q3*-1;+3. The summed E-state index contributed by atoms with van der Waals surface area (Å²) in [6, 6.07) is 59.3. The Morgan fingerprint density at radius 3 is 0.904 bits per heavy atom. The van der Waals surface area contributed by atoms with Gasteiger partial charge in [-0.1, -0.05) is 93.6 Å². The van der Waals surface area contributed by atoms with Gasteiger partial charge in [0.25, 0.3) is 0 Å². The van der Waals surface area contributed by atoms with Gasteiger partial charge in [-0.25, -0.2) is 0 Å². The average molecular weight is 847 g/mol. The van der Waals surface area contributed by atoms with Crippen LogP contribution in [0, 0.1) is 39.0 Å². The predicted molar refractivity (Wildman–Crippen MR) is 212 cm³/mol. The number of hydrogen-bond acceptors (Lipinski definition) is 3. The van der Waals surface area contributed by atoms with E-state index in [1.807, 2.05) is 91.4 Å². The van der Waals surface area contributed by atoms with Crippen LogP contribution < -0.4 is 0 Å². The van der Waals surface area contributed by atoms with Crippen LogP contribution in [0.25, 0.3) is 66.1 Å². The molecular formula is C48H36IrN3. The van der Waals surface area contributed by atoms with Crippen LogP contribution >= 0.6 is 0 Å². The first-order valence-corrected chi connectivity index (χ1v) is 17.0. The molecule has 0 atom stereocenters. The maximum absolute atomic E-state index is 4.48. The van der Waals surface area contributed by atoms with Gasteiger partial charge in [0.05, 0.1) is 0 Å². The predicted octanol–water partition coefficient (Wildman–Crippen LogP) is 12.0. The molecule has 3 nitrogen and oxygen atoms in total. The monoisotopic (exact) mass is 847 g/mol. The molecule has 6 aromatic carbocycles. The molecule has 0 saturated heterocycles. The van der Waals surface area contributed by atoms with E-state index >= 15 is 0 Å². The van der Waals surface area contributed by atoms with E-state index < -0.39 is 0 Å². The molecule has 52 heavy (non-hydrogen) atoms. The van der Waals surface area contributed by atoms with Crippen LogP contribution in [0.4, 0.5) is 0 Å². The first kappa shape index (κ1) is 36.0. The Kier molecular flexibility index (Phi) is 11.7. The number of rotatable bonds is 3. The van der Waals surface area contributed by atoms with E-state index in [9.17, 15) is 0 Å². The molecule has 0 N–H and O–H groups in total. The minimum absolute atomic E-state index is 0. The van der Waals surface area contributed by atoms with Crippen molar-refractivity contribution < 1.29 is 20.1 Å². The van der Waals surface area contributed by atoms with Crippen LogP contribution in [0.5, 0.6) is 0 Å². The van der Waals surface area contributed by atoms with Gasteiger partial charge in [-0.15, -0.1) is 106 Å². The van der Waals surface area contributed by atoms with Gasteiger partial charge in [-0.3, -0.25) is 0 Å². The Morgan fingerprint density at radius 2 is 0.635 bits per heavy atom. The van der Waals surface area contributed by atoms with E-state index in [0.717, 1.165) is 33.8 Å². The third-order valence-corrected chi connectivity index (χ3v) is 8.69. The molecule has 0 unspecified atom stereocenters. The Bertz CT molecular complexity index is 2240. The fourth-order valence-electron chi connectivity index (χ4n) is 5.95. The molecule has 0 aliphatic carbocycles. The molecule has 9 aromatic rings. The summed E-state index contributed by atoms with van der Waals surface area (Å²) < 4.78 is 0. The first-order valence-electron chi connectivity index (χ1n) is 17.0. The van der Waals surface area contributed by atoms with Crippen LogP contribution in [0.2, 0.25) is 0 Å². The summed E-state index contributed by atoms with van der Waals surface area (Å²) in [5.74, 6) is 0. The summed E-state index contributed by atoms with van der Waals surface area (Å²) in [6.45, 7) is 6.20. The zero-order valence-corrected chi connectivity index (χ0v) is 31.7. The normalized spacial score (nSPS) is 10.4. The second-order valence-corrected chi connectivity index (χ2v) is 12.5. The summed E-state index contributed by atoms with van der Waals surface area (Å²) in [4.78, 5) is 13.4. The average Bonchev–Trinajstić information content (AvgIpc) is 3.19. The molecule has 252 valence electrons. The van der Waals surface area contributed by atoms with Crippen molar-refractivity contribution in [1.29, 1.82) is 0 Å². The molecule has 0 bridgehead atoms. The van der Waals surface area contributed by atoms with Crippen LogP contribution in [0.1, 0.15) is 16.7 Å². The zero-order valence-electron chi connectivity index (χ0n) is 29.3. The van der Waals surface area contributed by atoms with Crippen molar-refractivity contribution in [2.24, 2.45) is 0 Å². The summed E-state index contributed by atoms with van der Waals surface area (Å²) in [5, 5.41) is 7.17. The number of fused-ring (bicyclic) bond motifs is 3. The molecule has 3 aromatic heterocycles. The van der Waals surface area contributed by atoms with Crippen molar-refractivity contribution in [2.75, 3.05) is 0 Å². The van der Waals surface area contributed by atoms with Gasteiger partial charge in [0.2, 0.25) is 0 Å². The minimum Gasteiger partial charge on any atom is -0.304 e. The molecule has 0 aliphatic rings. The molecule has 0 fully saturated rings. The fraction of sp³-hybridized carbons (Fsp3) is 0.0625. The molecule has 0 amide bonds. The van der Waals surface area contributed by atoms with E-state index in [2.05, 4.69) is 127 Å². The molecule has 3 heterocycles. The van der Waals surface area contributed by atoms with Crippen LogP contribution in [0.15, 0.2) is 164 Å². The van der Waals surface area contributed by atoms with Crippen LogP contribution in [-0.2, 0) is 20.1 Å². The second-order valence-electron chi connectivity index (χ2n) is 12.5. The molecule has 0 aliphatic heterocycles. The summed E-state index contributed by atoms with van der Waals surface area (Å²) in [6.07, 6.45) is 5.56. The van der Waals surface area contributed by atoms with Gasteiger partial charge in [-0.2, -0.15) is 0 Å². The van der Waals surface area contributed by atoms with E-state index in [-0.39, 0.29) is 20.1 Å². The summed E-state index contributed by atoms with van der Waals surface area (Å²) in [5.41, 5.74) is 9.80. The number of benzene rings is 6. The van der Waals surface area contributed by atoms with Crippen molar-refractivity contribution in [3.63, 3.8) is 0 Å². The van der Waals surface area contributed by atoms with Crippen molar-refractivity contribution in [3.8, 4) is 33.8 Å². The van der Waals surface area contributed by atoms with Gasteiger partial charge < -0.3 is 15.0 Å². The number of aryl methyl sites for hydroxylation is 3. The van der Waals surface area contributed by atoms with Crippen LogP contribution in [0.3, 0.4) is 0 Å². The maximum Gasteiger partial charge on any atom is 3.00 e. The SMILES string of the molecule is Cc1c[c-]c(-c2nccc3ccccc23)cc1.Cc1c[c-]c(-c2nccc3ccccc23)cc1.Cc1c[c-]c(-c2nccc3ccccc23)cc1.[Ir+3]. The maximum atomic E-state index is 4.48. The molecule has 9 rings (SSSR count). The number of nitrogens with zero attached hydrogens (tertiary/aromatic N) is 3. The Labute approximate surface area is 319 Å². The van der Waals surface area contributed by atoms with E-state index in [1.165, 1.54) is 49.0 Å². The molecule has 0 radical (unpaired) electrons. The summed E-state index contributed by atoms with van der Waals surface area (Å²) >= 11 is 0. The molecule has 0 saturated carbocycles. The van der Waals surface area contributed by atoms with Crippen molar-refractivity contribution in [1.82, 2.24) is 15.0 Å². The van der Waals surface area contributed by atoms with Gasteiger partial charge >= 0.3 is 20.1 Å². The van der Waals surface area contributed by atoms with Gasteiger partial charge in [0, 0.05) is 18.6 Å². The molecule has 0 spiro atoms. The van der Waals surface area contributed by atoms with Crippen LogP contribution in [-0.4, -0.2) is 15.0 Å². The van der Waals surface area contributed by atoms with Gasteiger partial charge in [0.1, 0.15) is 0 Å². The van der Waals surface area contributed by atoms with E-state index in [1.54, 1.807) is 0 Å². The van der Waals surface area contributed by atoms with Crippen molar-refractivity contribution >= 4 is 32.3 Å². The molecule has 4 heteroatoms. The van der Waals surface area contributed by atoms with Crippen molar-refractivity contribution in [2.45, 2.75) is 20.8 Å². The largest absolute Gasteiger partial charge is 3.00 e. The quantitative estimate of drug-likeness (QED) is 0.166. The number of pyridine rings is 3. The minimum atomic E-state index is 0. The third kappa shape index (κ3) is 8.38. The number of aromatic nitrogens is 3. The third-order valence-electron chi connectivity index (χ3n) is 8.69. The van der Waals surface area contributed by atoms with Gasteiger partial charge in [-0.05, 0) is 67.6 Å².